The van der Waals surface area contributed by atoms with Gasteiger partial charge in [-0.2, -0.15) is 0 Å². The number of aliphatic imine (C=N–C) groups is 1. The first-order valence-electron chi connectivity index (χ1n) is 7.19. The summed E-state index contributed by atoms with van der Waals surface area (Å²) in [4.78, 5) is 8.95. The Morgan fingerprint density at radius 3 is 2.70 bits per heavy atom. The van der Waals surface area contributed by atoms with E-state index in [1.165, 1.54) is 0 Å². The predicted molar refractivity (Wildman–Crippen MR) is 95.6 cm³/mol. The van der Waals surface area contributed by atoms with Crippen molar-refractivity contribution in [2.24, 2.45) is 10.9 Å². The molecule has 0 aliphatic carbocycles. The molecular weight excluding hydrogens is 365 g/mol. The molecule has 0 radical (unpaired) electrons. The molecule has 0 aromatic carbocycles. The maximum Gasteiger partial charge on any atom is 0.191 e. The highest BCUT2D eigenvalue weighted by Crippen LogP contribution is 2.04. The highest BCUT2D eigenvalue weighted by molar-refractivity contribution is 14.0. The number of hydrogen-bond donors (Lipinski definition) is 2. The Kier molecular flexibility index (Phi) is 10.5. The van der Waals surface area contributed by atoms with Crippen LogP contribution < -0.4 is 10.6 Å². The molecular formula is C14H28IN5. The maximum absolute atomic E-state index is 4.57. The van der Waals surface area contributed by atoms with Crippen LogP contribution in [0.3, 0.4) is 0 Å². The van der Waals surface area contributed by atoms with E-state index < -0.39 is 0 Å². The third-order valence-electron chi connectivity index (χ3n) is 2.63. The number of aromatic nitrogens is 2. The predicted octanol–water partition coefficient (Wildman–Crippen LogP) is 2.62. The molecule has 0 aliphatic heterocycles. The van der Waals surface area contributed by atoms with Gasteiger partial charge in [0.1, 0.15) is 12.4 Å². The summed E-state index contributed by atoms with van der Waals surface area (Å²) in [5, 5.41) is 6.54. The molecule has 0 aliphatic rings. The molecule has 6 heteroatoms. The molecule has 5 nitrogen and oxygen atoms in total. The Morgan fingerprint density at radius 2 is 2.10 bits per heavy atom. The van der Waals surface area contributed by atoms with Gasteiger partial charge in [-0.05, 0) is 19.3 Å². The second kappa shape index (κ2) is 10.9. The molecule has 0 unspecified atom stereocenters. The summed E-state index contributed by atoms with van der Waals surface area (Å²) in [6.45, 7) is 12.0. The average Bonchev–Trinajstić information content (AvgIpc) is 2.79. The smallest absolute Gasteiger partial charge is 0.191 e. The lowest BCUT2D eigenvalue weighted by Crippen LogP contribution is -2.37. The number of nitrogens with zero attached hydrogens (tertiary/aromatic N) is 3. The van der Waals surface area contributed by atoms with Crippen molar-refractivity contribution in [3.63, 3.8) is 0 Å². The molecule has 0 saturated carbocycles. The van der Waals surface area contributed by atoms with Crippen molar-refractivity contribution >= 4 is 29.9 Å². The minimum atomic E-state index is 0. The summed E-state index contributed by atoms with van der Waals surface area (Å²) in [7, 11) is 0. The number of halogens is 1. The summed E-state index contributed by atoms with van der Waals surface area (Å²) in [5.41, 5.74) is 0. The Hall–Kier alpha value is -0.790. The van der Waals surface area contributed by atoms with Crippen molar-refractivity contribution in [2.75, 3.05) is 13.1 Å². The molecule has 0 bridgehead atoms. The van der Waals surface area contributed by atoms with Crippen LogP contribution in [0.1, 0.15) is 39.9 Å². The van der Waals surface area contributed by atoms with E-state index in [4.69, 9.17) is 0 Å². The van der Waals surface area contributed by atoms with E-state index in [1.54, 1.807) is 0 Å². The number of imidazole rings is 1. The molecule has 1 aromatic rings. The Morgan fingerprint density at radius 1 is 1.35 bits per heavy atom. The Labute approximate surface area is 139 Å². The average molecular weight is 393 g/mol. The Bertz CT molecular complexity index is 387. The molecule has 1 rings (SSSR count). The van der Waals surface area contributed by atoms with Gasteiger partial charge in [-0.25, -0.2) is 9.98 Å². The van der Waals surface area contributed by atoms with Crippen molar-refractivity contribution < 1.29 is 0 Å². The van der Waals surface area contributed by atoms with Gasteiger partial charge in [0.2, 0.25) is 0 Å². The largest absolute Gasteiger partial charge is 0.357 e. The lowest BCUT2D eigenvalue weighted by atomic mass is 10.2. The van der Waals surface area contributed by atoms with Gasteiger partial charge in [-0.1, -0.05) is 20.8 Å². The molecule has 0 atom stereocenters. The van der Waals surface area contributed by atoms with Crippen LogP contribution in [0, 0.1) is 5.92 Å². The fourth-order valence-electron chi connectivity index (χ4n) is 1.79. The second-order valence-corrected chi connectivity index (χ2v) is 5.01. The standard InChI is InChI=1S/C14H27N5.HI/c1-5-7-17-14(15-6-2)18-10-13-16-8-9-19(13)11-12(3)4;/h8-9,12H,5-7,10-11H2,1-4H3,(H2,15,17,18);1H. The van der Waals surface area contributed by atoms with E-state index >= 15 is 0 Å². The summed E-state index contributed by atoms with van der Waals surface area (Å²) >= 11 is 0. The molecule has 0 fully saturated rings. The van der Waals surface area contributed by atoms with Crippen LogP contribution in [0.25, 0.3) is 0 Å². The van der Waals surface area contributed by atoms with Gasteiger partial charge >= 0.3 is 0 Å². The fraction of sp³-hybridized carbons (Fsp3) is 0.714. The van der Waals surface area contributed by atoms with E-state index in [2.05, 4.69) is 52.9 Å². The maximum atomic E-state index is 4.57. The van der Waals surface area contributed by atoms with Crippen LogP contribution in [0.5, 0.6) is 0 Å². The number of guanidine groups is 1. The number of rotatable bonds is 7. The van der Waals surface area contributed by atoms with Crippen LogP contribution in [0.4, 0.5) is 0 Å². The molecule has 0 amide bonds. The SMILES string of the molecule is CCCNC(=NCc1nccn1CC(C)C)NCC.I. The van der Waals surface area contributed by atoms with Crippen LogP contribution in [0.2, 0.25) is 0 Å². The molecule has 1 aromatic heterocycles. The third kappa shape index (κ3) is 7.12. The van der Waals surface area contributed by atoms with Crippen molar-refractivity contribution in [1.29, 1.82) is 0 Å². The second-order valence-electron chi connectivity index (χ2n) is 5.01. The van der Waals surface area contributed by atoms with Crippen molar-refractivity contribution in [1.82, 2.24) is 20.2 Å². The monoisotopic (exact) mass is 393 g/mol. The van der Waals surface area contributed by atoms with E-state index in [-0.39, 0.29) is 24.0 Å². The quantitative estimate of drug-likeness (QED) is 0.426. The fourth-order valence-corrected chi connectivity index (χ4v) is 1.79. The third-order valence-corrected chi connectivity index (χ3v) is 2.63. The van der Waals surface area contributed by atoms with Gasteiger partial charge in [-0.3, -0.25) is 0 Å². The van der Waals surface area contributed by atoms with E-state index in [0.29, 0.717) is 12.5 Å². The van der Waals surface area contributed by atoms with Gasteiger partial charge in [-0.15, -0.1) is 24.0 Å². The zero-order valence-electron chi connectivity index (χ0n) is 13.0. The zero-order valence-corrected chi connectivity index (χ0v) is 15.3. The first-order valence-corrected chi connectivity index (χ1v) is 7.19. The minimum Gasteiger partial charge on any atom is -0.357 e. The van der Waals surface area contributed by atoms with Crippen LogP contribution in [-0.2, 0) is 13.1 Å². The number of nitrogens with one attached hydrogen (secondary N) is 2. The van der Waals surface area contributed by atoms with Crippen LogP contribution >= 0.6 is 24.0 Å². The molecule has 20 heavy (non-hydrogen) atoms. The molecule has 116 valence electrons. The number of hydrogen-bond acceptors (Lipinski definition) is 2. The lowest BCUT2D eigenvalue weighted by Gasteiger charge is -2.11. The van der Waals surface area contributed by atoms with E-state index in [1.807, 2.05) is 12.4 Å². The van der Waals surface area contributed by atoms with Gasteiger partial charge in [0.05, 0.1) is 0 Å². The van der Waals surface area contributed by atoms with Crippen LogP contribution in [-0.4, -0.2) is 28.6 Å². The summed E-state index contributed by atoms with van der Waals surface area (Å²) in [6, 6.07) is 0. The highest BCUT2D eigenvalue weighted by Gasteiger charge is 2.04. The topological polar surface area (TPSA) is 54.2 Å². The summed E-state index contributed by atoms with van der Waals surface area (Å²) in [6.07, 6.45) is 4.96. The normalized spacial score (nSPS) is 11.3. The van der Waals surface area contributed by atoms with Crippen molar-refractivity contribution in [2.45, 2.75) is 47.2 Å². The minimum absolute atomic E-state index is 0. The van der Waals surface area contributed by atoms with Crippen molar-refractivity contribution in [3.8, 4) is 0 Å². The zero-order chi connectivity index (χ0) is 14.1. The highest BCUT2D eigenvalue weighted by atomic mass is 127. The molecule has 2 N–H and O–H groups in total. The molecule has 0 saturated heterocycles. The summed E-state index contributed by atoms with van der Waals surface area (Å²) < 4.78 is 2.18. The first-order chi connectivity index (χ1) is 9.17. The van der Waals surface area contributed by atoms with E-state index in [0.717, 1.165) is 37.8 Å². The first kappa shape index (κ1) is 19.2. The molecule has 1 heterocycles. The molecule has 0 spiro atoms. The summed E-state index contributed by atoms with van der Waals surface area (Å²) in [5.74, 6) is 2.49. The van der Waals surface area contributed by atoms with Gasteiger partial charge in [0.15, 0.2) is 5.96 Å². The lowest BCUT2D eigenvalue weighted by molar-refractivity contribution is 0.507. The van der Waals surface area contributed by atoms with Gasteiger partial charge in [0, 0.05) is 32.0 Å². The van der Waals surface area contributed by atoms with Gasteiger partial charge < -0.3 is 15.2 Å². The van der Waals surface area contributed by atoms with Crippen molar-refractivity contribution in [3.05, 3.63) is 18.2 Å². The Balaban J connectivity index is 0.00000361. The van der Waals surface area contributed by atoms with Gasteiger partial charge in [0.25, 0.3) is 0 Å². The van der Waals surface area contributed by atoms with Crippen LogP contribution in [0.15, 0.2) is 17.4 Å². The van der Waals surface area contributed by atoms with E-state index in [9.17, 15) is 0 Å².